The number of halogens is 2. The van der Waals surface area contributed by atoms with Gasteiger partial charge in [-0.05, 0) is 47.7 Å². The van der Waals surface area contributed by atoms with Crippen LogP contribution in [0.5, 0.6) is 0 Å². The summed E-state index contributed by atoms with van der Waals surface area (Å²) in [5.41, 5.74) is 4.74. The van der Waals surface area contributed by atoms with Gasteiger partial charge in [0.15, 0.2) is 0 Å². The van der Waals surface area contributed by atoms with Crippen molar-refractivity contribution in [3.8, 4) is 0 Å². The smallest absolute Gasteiger partial charge is 0.0838 e. The Morgan fingerprint density at radius 2 is 1.85 bits per heavy atom. The highest BCUT2D eigenvalue weighted by molar-refractivity contribution is 9.10. The molecule has 2 rings (SSSR count). The maximum absolute atomic E-state index is 6.61. The fourth-order valence-corrected chi connectivity index (χ4v) is 3.04. The zero-order valence-corrected chi connectivity index (χ0v) is 14.0. The first kappa shape index (κ1) is 15.6. The normalized spacial score (nSPS) is 12.4. The number of rotatable bonds is 5. The Balaban J connectivity index is 2.18. The Hall–Kier alpha value is -0.830. The average molecular weight is 354 g/mol. The minimum atomic E-state index is -0.112. The maximum Gasteiger partial charge on any atom is 0.0838 e. The molecule has 0 amide bonds. The molecule has 0 spiro atoms. The molecule has 0 aliphatic heterocycles. The van der Waals surface area contributed by atoms with Crippen LogP contribution in [0.3, 0.4) is 0 Å². The van der Waals surface area contributed by atoms with Crippen molar-refractivity contribution in [1.82, 2.24) is 0 Å². The number of ether oxygens (including phenoxy) is 1. The maximum atomic E-state index is 6.61. The molecule has 1 nitrogen and oxygen atoms in total. The summed E-state index contributed by atoms with van der Waals surface area (Å²) in [7, 11) is 1.72. The predicted octanol–water partition coefficient (Wildman–Crippen LogP) is 5.27. The van der Waals surface area contributed by atoms with E-state index in [1.54, 1.807) is 7.11 Å². The predicted molar refractivity (Wildman–Crippen MR) is 88.6 cm³/mol. The van der Waals surface area contributed by atoms with E-state index in [0.717, 1.165) is 28.6 Å². The Morgan fingerprint density at radius 3 is 2.45 bits per heavy atom. The van der Waals surface area contributed by atoms with Gasteiger partial charge in [-0.1, -0.05) is 46.3 Å². The summed E-state index contributed by atoms with van der Waals surface area (Å²) in [5.74, 6) is 0. The van der Waals surface area contributed by atoms with Crippen molar-refractivity contribution in [3.05, 3.63) is 69.2 Å². The Bertz CT molecular complexity index is 566. The van der Waals surface area contributed by atoms with E-state index >= 15 is 0 Å². The molecule has 0 aliphatic carbocycles. The van der Waals surface area contributed by atoms with Gasteiger partial charge in [-0.3, -0.25) is 0 Å². The molecular formula is C17H18BrClO. The van der Waals surface area contributed by atoms with Gasteiger partial charge in [0.25, 0.3) is 0 Å². The molecule has 0 aliphatic rings. The lowest BCUT2D eigenvalue weighted by atomic mass is 9.99. The summed E-state index contributed by atoms with van der Waals surface area (Å²) >= 11 is 10.1. The zero-order valence-electron chi connectivity index (χ0n) is 11.7. The fourth-order valence-electron chi connectivity index (χ4n) is 2.18. The molecule has 0 aromatic heterocycles. The molecule has 0 N–H and O–H groups in total. The molecule has 1 unspecified atom stereocenters. The van der Waals surface area contributed by atoms with Crippen LogP contribution in [0, 0.1) is 6.92 Å². The second kappa shape index (κ2) is 7.26. The van der Waals surface area contributed by atoms with Crippen molar-refractivity contribution in [2.45, 2.75) is 18.7 Å². The molecule has 3 heteroatoms. The molecule has 0 saturated heterocycles. The zero-order chi connectivity index (χ0) is 14.5. The van der Waals surface area contributed by atoms with E-state index < -0.39 is 0 Å². The Labute approximate surface area is 134 Å². The van der Waals surface area contributed by atoms with Crippen LogP contribution < -0.4 is 0 Å². The largest absolute Gasteiger partial charge is 0.384 e. The van der Waals surface area contributed by atoms with Crippen molar-refractivity contribution in [2.75, 3.05) is 13.7 Å². The minimum Gasteiger partial charge on any atom is -0.384 e. The van der Waals surface area contributed by atoms with Gasteiger partial charge in [0, 0.05) is 11.6 Å². The highest BCUT2D eigenvalue weighted by Crippen LogP contribution is 2.32. The monoisotopic (exact) mass is 352 g/mol. The summed E-state index contributed by atoms with van der Waals surface area (Å²) in [6.45, 7) is 2.83. The van der Waals surface area contributed by atoms with E-state index in [9.17, 15) is 0 Å². The molecule has 0 bridgehead atoms. The third-order valence-corrected chi connectivity index (χ3v) is 4.35. The number of alkyl halides is 1. The number of hydrogen-bond donors (Lipinski definition) is 0. The molecule has 0 heterocycles. The quantitative estimate of drug-likeness (QED) is 0.665. The molecule has 106 valence electrons. The van der Waals surface area contributed by atoms with E-state index in [4.69, 9.17) is 16.3 Å². The first-order valence-corrected chi connectivity index (χ1v) is 7.82. The first-order chi connectivity index (χ1) is 9.61. The van der Waals surface area contributed by atoms with E-state index in [-0.39, 0.29) is 5.38 Å². The summed E-state index contributed by atoms with van der Waals surface area (Å²) in [6.07, 6.45) is 0.932. The third-order valence-electron chi connectivity index (χ3n) is 3.37. The first-order valence-electron chi connectivity index (χ1n) is 6.59. The van der Waals surface area contributed by atoms with Crippen LogP contribution in [-0.4, -0.2) is 13.7 Å². The number of methoxy groups -OCH3 is 1. The van der Waals surface area contributed by atoms with Crippen molar-refractivity contribution < 1.29 is 4.74 Å². The van der Waals surface area contributed by atoms with Crippen LogP contribution >= 0.6 is 27.5 Å². The fraction of sp³-hybridized carbons (Fsp3) is 0.294. The molecular weight excluding hydrogens is 336 g/mol. The summed E-state index contributed by atoms with van der Waals surface area (Å²) < 4.78 is 6.17. The van der Waals surface area contributed by atoms with E-state index in [1.165, 1.54) is 11.1 Å². The van der Waals surface area contributed by atoms with Gasteiger partial charge in [0.1, 0.15) is 0 Å². The lowest BCUT2D eigenvalue weighted by Gasteiger charge is -2.14. The van der Waals surface area contributed by atoms with Crippen molar-refractivity contribution >= 4 is 27.5 Å². The lowest BCUT2D eigenvalue weighted by molar-refractivity contribution is 0.202. The molecule has 0 fully saturated rings. The highest BCUT2D eigenvalue weighted by Gasteiger charge is 2.13. The van der Waals surface area contributed by atoms with Crippen LogP contribution in [0.1, 0.15) is 27.6 Å². The van der Waals surface area contributed by atoms with Gasteiger partial charge < -0.3 is 4.74 Å². The SMILES string of the molecule is COCCc1ccc(C(Cl)c2ccc(Br)cc2C)cc1. The van der Waals surface area contributed by atoms with E-state index in [2.05, 4.69) is 59.3 Å². The van der Waals surface area contributed by atoms with Crippen molar-refractivity contribution in [1.29, 1.82) is 0 Å². The molecule has 0 saturated carbocycles. The van der Waals surface area contributed by atoms with Gasteiger partial charge in [-0.25, -0.2) is 0 Å². The number of hydrogen-bond acceptors (Lipinski definition) is 1. The van der Waals surface area contributed by atoms with Crippen LogP contribution in [0.15, 0.2) is 46.9 Å². The number of aryl methyl sites for hydroxylation is 1. The van der Waals surface area contributed by atoms with Crippen LogP contribution in [-0.2, 0) is 11.2 Å². The second-order valence-electron chi connectivity index (χ2n) is 4.85. The summed E-state index contributed by atoms with van der Waals surface area (Å²) in [6, 6.07) is 14.7. The standard InChI is InChI=1S/C17H18BrClO/c1-12-11-15(18)7-8-16(12)17(19)14-5-3-13(4-6-14)9-10-20-2/h3-8,11,17H,9-10H2,1-2H3. The second-order valence-corrected chi connectivity index (χ2v) is 6.20. The topological polar surface area (TPSA) is 9.23 Å². The van der Waals surface area contributed by atoms with Gasteiger partial charge in [0.05, 0.1) is 12.0 Å². The van der Waals surface area contributed by atoms with Crippen LogP contribution in [0.25, 0.3) is 0 Å². The highest BCUT2D eigenvalue weighted by atomic mass is 79.9. The summed E-state index contributed by atoms with van der Waals surface area (Å²) in [4.78, 5) is 0. The van der Waals surface area contributed by atoms with Crippen molar-refractivity contribution in [2.24, 2.45) is 0 Å². The minimum absolute atomic E-state index is 0.112. The Kier molecular flexibility index (Phi) is 5.64. The molecule has 1 atom stereocenters. The van der Waals surface area contributed by atoms with Gasteiger partial charge >= 0.3 is 0 Å². The molecule has 20 heavy (non-hydrogen) atoms. The molecule has 2 aromatic carbocycles. The van der Waals surface area contributed by atoms with E-state index in [0.29, 0.717) is 0 Å². The van der Waals surface area contributed by atoms with Crippen LogP contribution in [0.4, 0.5) is 0 Å². The molecule has 0 radical (unpaired) electrons. The Morgan fingerprint density at radius 1 is 1.15 bits per heavy atom. The van der Waals surface area contributed by atoms with Gasteiger partial charge in [-0.2, -0.15) is 0 Å². The lowest BCUT2D eigenvalue weighted by Crippen LogP contribution is -1.98. The molecule has 2 aromatic rings. The van der Waals surface area contributed by atoms with Gasteiger partial charge in [-0.15, -0.1) is 11.6 Å². The van der Waals surface area contributed by atoms with Crippen LogP contribution in [0.2, 0.25) is 0 Å². The van der Waals surface area contributed by atoms with E-state index in [1.807, 2.05) is 6.07 Å². The third kappa shape index (κ3) is 3.85. The summed E-state index contributed by atoms with van der Waals surface area (Å²) in [5, 5.41) is -0.112. The number of benzene rings is 2. The average Bonchev–Trinajstić information content (AvgIpc) is 2.45. The van der Waals surface area contributed by atoms with Crippen molar-refractivity contribution in [3.63, 3.8) is 0 Å². The van der Waals surface area contributed by atoms with Gasteiger partial charge in [0.2, 0.25) is 0 Å².